The number of carbonyl (C=O) groups excluding carboxylic acids is 1. The molecule has 0 aliphatic heterocycles. The third-order valence-corrected chi connectivity index (χ3v) is 4.78. The Hall–Kier alpha value is -0.570. The molecule has 1 unspecified atom stereocenters. The van der Waals surface area contributed by atoms with Gasteiger partial charge in [-0.15, -0.1) is 0 Å². The van der Waals surface area contributed by atoms with Crippen molar-refractivity contribution in [1.29, 1.82) is 0 Å². The van der Waals surface area contributed by atoms with Crippen LogP contribution in [0.4, 0.5) is 0 Å². The second-order valence-electron chi connectivity index (χ2n) is 5.69. The first-order valence-corrected chi connectivity index (χ1v) is 7.56. The Bertz CT molecular complexity index is 255. The summed E-state index contributed by atoms with van der Waals surface area (Å²) in [5.74, 6) is 0.457. The largest absolute Gasteiger partial charge is 0.391 e. The summed E-state index contributed by atoms with van der Waals surface area (Å²) in [6, 6.07) is 0. The first kappa shape index (κ1) is 15.5. The molecule has 3 nitrogen and oxygen atoms in total. The number of rotatable bonds is 7. The van der Waals surface area contributed by atoms with Gasteiger partial charge in [-0.2, -0.15) is 0 Å². The molecule has 1 fully saturated rings. The maximum atomic E-state index is 12.3. The Balaban J connectivity index is 2.45. The van der Waals surface area contributed by atoms with Crippen LogP contribution in [0, 0.1) is 11.3 Å². The van der Waals surface area contributed by atoms with Crippen LogP contribution in [0.3, 0.4) is 0 Å². The summed E-state index contributed by atoms with van der Waals surface area (Å²) in [7, 11) is 0. The van der Waals surface area contributed by atoms with Gasteiger partial charge in [-0.25, -0.2) is 0 Å². The number of carbonyl (C=O) groups is 1. The standard InChI is InChI=1S/C15H29NO2/c1-4-12(5-2)13(17)11-16-14(18)15(6-3)9-7-8-10-15/h12-13,17H,4-11H2,1-3H3,(H,16,18). The van der Waals surface area contributed by atoms with Gasteiger partial charge in [-0.3, -0.25) is 4.79 Å². The zero-order chi connectivity index (χ0) is 13.6. The molecule has 18 heavy (non-hydrogen) atoms. The highest BCUT2D eigenvalue weighted by Gasteiger charge is 2.39. The quantitative estimate of drug-likeness (QED) is 0.735. The molecule has 3 heteroatoms. The predicted octanol–water partition coefficient (Wildman–Crippen LogP) is 2.87. The van der Waals surface area contributed by atoms with Gasteiger partial charge in [0.1, 0.15) is 0 Å². The van der Waals surface area contributed by atoms with Gasteiger partial charge < -0.3 is 10.4 Å². The van der Waals surface area contributed by atoms with E-state index in [4.69, 9.17) is 0 Å². The molecule has 1 aliphatic rings. The van der Waals surface area contributed by atoms with Crippen LogP contribution in [0.5, 0.6) is 0 Å². The summed E-state index contributed by atoms with van der Waals surface area (Å²) in [5.41, 5.74) is -0.145. The lowest BCUT2D eigenvalue weighted by Crippen LogP contribution is -2.43. The van der Waals surface area contributed by atoms with Gasteiger partial charge >= 0.3 is 0 Å². The van der Waals surface area contributed by atoms with Crippen molar-refractivity contribution < 1.29 is 9.90 Å². The van der Waals surface area contributed by atoms with Gasteiger partial charge in [0, 0.05) is 12.0 Å². The average molecular weight is 255 g/mol. The highest BCUT2D eigenvalue weighted by Crippen LogP contribution is 2.41. The van der Waals surface area contributed by atoms with Crippen molar-refractivity contribution in [1.82, 2.24) is 5.32 Å². The molecule has 0 heterocycles. The summed E-state index contributed by atoms with van der Waals surface area (Å²) in [6.07, 6.45) is 6.79. The lowest BCUT2D eigenvalue weighted by molar-refractivity contribution is -0.131. The van der Waals surface area contributed by atoms with Gasteiger partial charge in [0.15, 0.2) is 0 Å². The first-order valence-electron chi connectivity index (χ1n) is 7.56. The number of aliphatic hydroxyl groups excluding tert-OH is 1. The Kier molecular flexibility index (Phi) is 6.13. The highest BCUT2D eigenvalue weighted by molar-refractivity contribution is 5.82. The number of aliphatic hydroxyl groups is 1. The van der Waals surface area contributed by atoms with E-state index < -0.39 is 6.10 Å². The van der Waals surface area contributed by atoms with Crippen molar-refractivity contribution in [2.75, 3.05) is 6.54 Å². The first-order chi connectivity index (χ1) is 8.59. The molecule has 0 aromatic carbocycles. The van der Waals surface area contributed by atoms with E-state index in [2.05, 4.69) is 26.1 Å². The maximum absolute atomic E-state index is 12.3. The van der Waals surface area contributed by atoms with Gasteiger partial charge in [0.05, 0.1) is 6.10 Å². The van der Waals surface area contributed by atoms with Crippen LogP contribution < -0.4 is 5.32 Å². The third-order valence-electron chi connectivity index (χ3n) is 4.78. The fourth-order valence-corrected chi connectivity index (χ4v) is 3.18. The Morgan fingerprint density at radius 2 is 1.78 bits per heavy atom. The minimum absolute atomic E-state index is 0.145. The fourth-order valence-electron chi connectivity index (χ4n) is 3.18. The van der Waals surface area contributed by atoms with E-state index in [0.717, 1.165) is 44.9 Å². The van der Waals surface area contributed by atoms with E-state index in [1.54, 1.807) is 0 Å². The van der Waals surface area contributed by atoms with Crippen LogP contribution >= 0.6 is 0 Å². The minimum Gasteiger partial charge on any atom is -0.391 e. The van der Waals surface area contributed by atoms with Gasteiger partial charge in [0.25, 0.3) is 0 Å². The molecule has 0 spiro atoms. The number of nitrogens with one attached hydrogen (secondary N) is 1. The molecule has 2 N–H and O–H groups in total. The monoisotopic (exact) mass is 255 g/mol. The molecule has 1 amide bonds. The van der Waals surface area contributed by atoms with Gasteiger partial charge in [-0.05, 0) is 25.2 Å². The van der Waals surface area contributed by atoms with Crippen LogP contribution in [0.2, 0.25) is 0 Å². The van der Waals surface area contributed by atoms with Crippen molar-refractivity contribution in [3.8, 4) is 0 Å². The maximum Gasteiger partial charge on any atom is 0.226 e. The third kappa shape index (κ3) is 3.47. The van der Waals surface area contributed by atoms with Crippen LogP contribution in [-0.2, 0) is 4.79 Å². The van der Waals surface area contributed by atoms with Gasteiger partial charge in [0.2, 0.25) is 5.91 Å². The molecule has 1 aliphatic carbocycles. The molecule has 1 atom stereocenters. The van der Waals surface area contributed by atoms with E-state index in [0.29, 0.717) is 12.5 Å². The summed E-state index contributed by atoms with van der Waals surface area (Å²) in [4.78, 5) is 12.3. The van der Waals surface area contributed by atoms with E-state index in [1.807, 2.05) is 0 Å². The molecule has 0 aromatic rings. The summed E-state index contributed by atoms with van der Waals surface area (Å²) >= 11 is 0. The van der Waals surface area contributed by atoms with Crippen molar-refractivity contribution in [2.45, 2.75) is 71.8 Å². The van der Waals surface area contributed by atoms with Crippen molar-refractivity contribution in [2.24, 2.45) is 11.3 Å². The number of amides is 1. The normalized spacial score (nSPS) is 20.1. The highest BCUT2D eigenvalue weighted by atomic mass is 16.3. The summed E-state index contributed by atoms with van der Waals surface area (Å²) in [5, 5.41) is 13.0. The molecule has 1 rings (SSSR count). The van der Waals surface area contributed by atoms with E-state index >= 15 is 0 Å². The van der Waals surface area contributed by atoms with Gasteiger partial charge in [-0.1, -0.05) is 46.5 Å². The topological polar surface area (TPSA) is 49.3 Å². The SMILES string of the molecule is CCC(CC)C(O)CNC(=O)C1(CC)CCCC1. The van der Waals surface area contributed by atoms with Crippen LogP contribution in [0.25, 0.3) is 0 Å². The van der Waals surface area contributed by atoms with Crippen LogP contribution in [0.15, 0.2) is 0 Å². The van der Waals surface area contributed by atoms with Crippen molar-refractivity contribution >= 4 is 5.91 Å². The zero-order valence-corrected chi connectivity index (χ0v) is 12.2. The number of hydrogen-bond acceptors (Lipinski definition) is 2. The Morgan fingerprint density at radius 1 is 1.22 bits per heavy atom. The summed E-state index contributed by atoms with van der Waals surface area (Å²) < 4.78 is 0. The van der Waals surface area contributed by atoms with Crippen LogP contribution in [0.1, 0.15) is 65.7 Å². The van der Waals surface area contributed by atoms with E-state index in [-0.39, 0.29) is 11.3 Å². The molecule has 0 bridgehead atoms. The smallest absolute Gasteiger partial charge is 0.226 e. The molecular formula is C15H29NO2. The van der Waals surface area contributed by atoms with E-state index in [1.165, 1.54) is 0 Å². The lowest BCUT2D eigenvalue weighted by Gasteiger charge is -2.28. The second kappa shape index (κ2) is 7.13. The van der Waals surface area contributed by atoms with Crippen molar-refractivity contribution in [3.63, 3.8) is 0 Å². The second-order valence-corrected chi connectivity index (χ2v) is 5.69. The Morgan fingerprint density at radius 3 is 2.22 bits per heavy atom. The van der Waals surface area contributed by atoms with Crippen LogP contribution in [-0.4, -0.2) is 23.7 Å². The fraction of sp³-hybridized carbons (Fsp3) is 0.933. The van der Waals surface area contributed by atoms with Crippen molar-refractivity contribution in [3.05, 3.63) is 0 Å². The summed E-state index contributed by atoms with van der Waals surface area (Å²) in [6.45, 7) is 6.68. The lowest BCUT2D eigenvalue weighted by atomic mass is 9.82. The molecular weight excluding hydrogens is 226 g/mol. The Labute approximate surface area is 111 Å². The molecule has 106 valence electrons. The van der Waals surface area contributed by atoms with E-state index in [9.17, 15) is 9.90 Å². The number of hydrogen-bond donors (Lipinski definition) is 2. The molecule has 0 saturated heterocycles. The predicted molar refractivity (Wildman–Crippen MR) is 74.3 cm³/mol. The zero-order valence-electron chi connectivity index (χ0n) is 12.2. The molecule has 1 saturated carbocycles. The molecule has 0 radical (unpaired) electrons. The minimum atomic E-state index is -0.403. The molecule has 0 aromatic heterocycles. The average Bonchev–Trinajstić information content (AvgIpc) is 2.87.